The van der Waals surface area contributed by atoms with Gasteiger partial charge in [-0.25, -0.2) is 0 Å². The van der Waals surface area contributed by atoms with Crippen LogP contribution in [0.15, 0.2) is 97.1 Å². The Bertz CT molecular complexity index is 936. The van der Waals surface area contributed by atoms with Crippen LogP contribution in [0.2, 0.25) is 0 Å². The molecule has 2 nitrogen and oxygen atoms in total. The number of fused-ring (bicyclic) bond motifs is 1. The number of nitrogens with zero attached hydrogens (tertiary/aromatic N) is 2. The van der Waals surface area contributed by atoms with Crippen molar-refractivity contribution in [3.8, 4) is 0 Å². The first kappa shape index (κ1) is 23.1. The van der Waals surface area contributed by atoms with Crippen LogP contribution in [0.25, 0.3) is 0 Å². The minimum absolute atomic E-state index is 0.665. The maximum atomic E-state index is 4.64. The van der Waals surface area contributed by atoms with Crippen molar-refractivity contribution in [1.29, 1.82) is 0 Å². The van der Waals surface area contributed by atoms with Crippen molar-refractivity contribution in [3.05, 3.63) is 110 Å². The summed E-state index contributed by atoms with van der Waals surface area (Å²) in [6, 6.07) is 29.3. The van der Waals surface area contributed by atoms with Gasteiger partial charge in [-0.05, 0) is 54.7 Å². The number of halogens is 1. The fraction of sp³-hybridized carbons (Fsp3) is 0.214. The van der Waals surface area contributed by atoms with Gasteiger partial charge in [-0.3, -0.25) is 0 Å². The maximum absolute atomic E-state index is 4.64. The number of hydrogen-bond donors (Lipinski definition) is 0. The molecule has 0 saturated heterocycles. The maximum Gasteiger partial charge on any atom is 0.0345 e. The van der Waals surface area contributed by atoms with Crippen LogP contribution < -0.4 is 9.80 Å². The van der Waals surface area contributed by atoms with Crippen molar-refractivity contribution in [2.75, 3.05) is 9.80 Å². The van der Waals surface area contributed by atoms with Gasteiger partial charge in [0.1, 0.15) is 0 Å². The zero-order valence-electron chi connectivity index (χ0n) is 18.0. The Labute approximate surface area is 207 Å². The minimum Gasteiger partial charge on any atom is -0.473 e. The van der Waals surface area contributed by atoms with Crippen LogP contribution in [0.5, 0.6) is 0 Å². The second-order valence-corrected chi connectivity index (χ2v) is 8.37. The van der Waals surface area contributed by atoms with E-state index in [1.807, 2.05) is 12.1 Å². The summed E-state index contributed by atoms with van der Waals surface area (Å²) in [7, 11) is 4.64. The molecule has 166 valence electrons. The largest absolute Gasteiger partial charge is 0.473 e. The summed E-state index contributed by atoms with van der Waals surface area (Å²) in [5, 5.41) is 0. The fourth-order valence-electron chi connectivity index (χ4n) is 4.58. The molecular formula is C28H28ClIrN2. The standard InChI is InChI=1S/C19H15N2.C9H13.ClH.Ir/c1-3-9-16(10-4-1)20-15-21(17-11-5-2-6-12-17)19-14-8-7-13-18(19)20;1-2-5-9(6-3-1)7-4-8-9;;/h1-15H;2,4,7H,1,3,5-6,8H2;1H;/q2*-1;;+3/p-1. The molecule has 1 heterocycles. The van der Waals surface area contributed by atoms with E-state index in [2.05, 4.69) is 117 Å². The zero-order valence-corrected chi connectivity index (χ0v) is 21.2. The Morgan fingerprint density at radius 1 is 0.750 bits per heavy atom. The van der Waals surface area contributed by atoms with Crippen molar-refractivity contribution in [2.45, 2.75) is 32.1 Å². The second-order valence-electron chi connectivity index (χ2n) is 8.37. The molecule has 1 unspecified atom stereocenters. The number of para-hydroxylation sites is 4. The molecule has 0 N–H and O–H groups in total. The van der Waals surface area contributed by atoms with Gasteiger partial charge in [0, 0.05) is 22.7 Å². The van der Waals surface area contributed by atoms with E-state index in [9.17, 15) is 0 Å². The van der Waals surface area contributed by atoms with Gasteiger partial charge in [-0.1, -0.05) is 67.1 Å². The molecule has 2 aliphatic carbocycles. The van der Waals surface area contributed by atoms with Crippen LogP contribution in [0.4, 0.5) is 22.7 Å². The van der Waals surface area contributed by atoms with Gasteiger partial charge in [0.2, 0.25) is 0 Å². The summed E-state index contributed by atoms with van der Waals surface area (Å²) in [4.78, 5) is 4.45. The van der Waals surface area contributed by atoms with Crippen molar-refractivity contribution in [3.63, 3.8) is 0 Å². The molecule has 1 saturated carbocycles. The van der Waals surface area contributed by atoms with Crippen LogP contribution in [0.1, 0.15) is 32.1 Å². The topological polar surface area (TPSA) is 6.48 Å². The Kier molecular flexibility index (Phi) is 8.08. The molecule has 4 heteroatoms. The molecule has 6 rings (SSSR count). The van der Waals surface area contributed by atoms with E-state index in [1.165, 1.54) is 72.7 Å². The third-order valence-electron chi connectivity index (χ3n) is 6.33. The predicted octanol–water partition coefficient (Wildman–Crippen LogP) is 8.49. The SMILES string of the molecule is C1=CC2(C1)C[CH-]CCC2.[Cl][Ir+2].c1ccc(N2[CH-]N(c3ccccc3)c3ccccc32)cc1. The van der Waals surface area contributed by atoms with E-state index in [-0.39, 0.29) is 0 Å². The molecule has 1 fully saturated rings. The van der Waals surface area contributed by atoms with E-state index in [1.54, 1.807) is 0 Å². The first-order chi connectivity index (χ1) is 15.8. The molecule has 0 aromatic heterocycles. The molecule has 3 aromatic carbocycles. The van der Waals surface area contributed by atoms with Gasteiger partial charge >= 0.3 is 27.5 Å². The summed E-state index contributed by atoms with van der Waals surface area (Å²) in [5.74, 6) is 0. The van der Waals surface area contributed by atoms with Crippen molar-refractivity contribution >= 4 is 32.3 Å². The third-order valence-corrected chi connectivity index (χ3v) is 6.33. The number of benzene rings is 3. The van der Waals surface area contributed by atoms with Crippen LogP contribution in [0.3, 0.4) is 0 Å². The molecule has 1 spiro atoms. The molecule has 1 atom stereocenters. The molecule has 0 bridgehead atoms. The van der Waals surface area contributed by atoms with Gasteiger partial charge in [-0.15, -0.1) is 6.67 Å². The van der Waals surface area contributed by atoms with Gasteiger partial charge in [0.15, 0.2) is 0 Å². The van der Waals surface area contributed by atoms with Gasteiger partial charge in [0.25, 0.3) is 0 Å². The quantitative estimate of drug-likeness (QED) is 0.210. The average Bonchev–Trinajstić information content (AvgIpc) is 3.26. The van der Waals surface area contributed by atoms with Gasteiger partial charge in [-0.2, -0.15) is 12.8 Å². The summed E-state index contributed by atoms with van der Waals surface area (Å²) in [6.45, 7) is 2.15. The molecule has 32 heavy (non-hydrogen) atoms. The molecule has 0 radical (unpaired) electrons. The Morgan fingerprint density at radius 2 is 1.25 bits per heavy atom. The van der Waals surface area contributed by atoms with Crippen LogP contribution in [-0.2, 0) is 17.9 Å². The van der Waals surface area contributed by atoms with E-state index in [0.29, 0.717) is 5.41 Å². The molecule has 1 aliphatic heterocycles. The predicted molar refractivity (Wildman–Crippen MR) is 133 cm³/mol. The van der Waals surface area contributed by atoms with Crippen molar-refractivity contribution in [1.82, 2.24) is 0 Å². The number of anilines is 4. The first-order valence-corrected chi connectivity index (χ1v) is 14.1. The smallest absolute Gasteiger partial charge is 0.0345 e. The second kappa shape index (κ2) is 11.2. The van der Waals surface area contributed by atoms with E-state index >= 15 is 0 Å². The molecule has 3 aliphatic rings. The van der Waals surface area contributed by atoms with Crippen molar-refractivity contribution in [2.24, 2.45) is 5.41 Å². The number of rotatable bonds is 2. The Hall–Kier alpha value is -2.06. The average molecular weight is 620 g/mol. The molecule has 0 amide bonds. The summed E-state index contributed by atoms with van der Waals surface area (Å²) in [6.07, 6.45) is 14.1. The molecule has 3 aromatic rings. The summed E-state index contributed by atoms with van der Waals surface area (Å²) >= 11 is 1.47. The van der Waals surface area contributed by atoms with Gasteiger partial charge in [0.05, 0.1) is 0 Å². The number of hydrogen-bond acceptors (Lipinski definition) is 2. The third kappa shape index (κ3) is 5.12. The first-order valence-electron chi connectivity index (χ1n) is 11.1. The van der Waals surface area contributed by atoms with Crippen LogP contribution in [-0.4, -0.2) is 0 Å². The van der Waals surface area contributed by atoms with E-state index in [4.69, 9.17) is 0 Å². The Morgan fingerprint density at radius 3 is 1.62 bits per heavy atom. The summed E-state index contributed by atoms with van der Waals surface area (Å²) < 4.78 is 0. The van der Waals surface area contributed by atoms with Crippen LogP contribution in [0, 0.1) is 18.5 Å². The van der Waals surface area contributed by atoms with Gasteiger partial charge < -0.3 is 16.2 Å². The Balaban J connectivity index is 0.000000185. The van der Waals surface area contributed by atoms with Crippen molar-refractivity contribution < 1.29 is 17.9 Å². The number of allylic oxidation sites excluding steroid dienone is 2. The minimum atomic E-state index is 0.665. The normalized spacial score (nSPS) is 20.4. The molecular weight excluding hydrogens is 592 g/mol. The zero-order chi connectivity index (χ0) is 22.2. The van der Waals surface area contributed by atoms with Crippen LogP contribution >= 0.6 is 9.58 Å². The van der Waals surface area contributed by atoms with E-state index < -0.39 is 0 Å². The monoisotopic (exact) mass is 620 g/mol. The van der Waals surface area contributed by atoms with E-state index in [0.717, 1.165) is 0 Å². The summed E-state index contributed by atoms with van der Waals surface area (Å²) in [5.41, 5.74) is 5.41. The fourth-order valence-corrected chi connectivity index (χ4v) is 4.58.